The van der Waals surface area contributed by atoms with Crippen LogP contribution >= 0.6 is 0 Å². The first-order chi connectivity index (χ1) is 8.59. The molecule has 0 radical (unpaired) electrons. The number of nitrogens with zero attached hydrogens (tertiary/aromatic N) is 2. The molecule has 2 rings (SSSR count). The van der Waals surface area contributed by atoms with Crippen LogP contribution in [0.1, 0.15) is 10.4 Å². The normalized spacial score (nSPS) is 10.1. The Balaban J connectivity index is 2.29. The van der Waals surface area contributed by atoms with Crippen LogP contribution in [0.15, 0.2) is 42.6 Å². The second-order valence-corrected chi connectivity index (χ2v) is 3.79. The number of nitrogens with two attached hydrogens (primary N) is 1. The van der Waals surface area contributed by atoms with Crippen LogP contribution in [0.4, 0.5) is 15.9 Å². The third-order valence-electron chi connectivity index (χ3n) is 2.52. The van der Waals surface area contributed by atoms with Gasteiger partial charge in [0, 0.05) is 7.05 Å². The van der Waals surface area contributed by atoms with Gasteiger partial charge in [-0.15, -0.1) is 0 Å². The van der Waals surface area contributed by atoms with Crippen molar-refractivity contribution in [2.24, 2.45) is 0 Å². The van der Waals surface area contributed by atoms with Crippen molar-refractivity contribution in [3.8, 4) is 0 Å². The standard InChI is InChI=1S/C13H12FN3O/c1-17(12-7-6-9(15)8-16-12)13(18)10-4-2-3-5-11(10)14/h2-8H,15H2,1H3. The summed E-state index contributed by atoms with van der Waals surface area (Å²) in [6, 6.07) is 9.07. The molecule has 0 unspecified atom stereocenters. The van der Waals surface area contributed by atoms with Crippen LogP contribution in [0.2, 0.25) is 0 Å². The average molecular weight is 245 g/mol. The van der Waals surface area contributed by atoms with Crippen molar-refractivity contribution in [3.05, 3.63) is 54.0 Å². The van der Waals surface area contributed by atoms with E-state index in [0.717, 1.165) is 0 Å². The molecule has 0 spiro atoms. The minimum atomic E-state index is -0.551. The molecule has 1 heterocycles. The average Bonchev–Trinajstić information content (AvgIpc) is 2.38. The van der Waals surface area contributed by atoms with Gasteiger partial charge < -0.3 is 5.73 Å². The second kappa shape index (κ2) is 4.83. The summed E-state index contributed by atoms with van der Waals surface area (Å²) in [4.78, 5) is 17.4. The molecule has 1 amide bonds. The number of hydrogen-bond acceptors (Lipinski definition) is 3. The summed E-state index contributed by atoms with van der Waals surface area (Å²) in [5.74, 6) is -0.590. The van der Waals surface area contributed by atoms with Gasteiger partial charge in [-0.2, -0.15) is 0 Å². The number of nitrogen functional groups attached to an aromatic ring is 1. The van der Waals surface area contributed by atoms with E-state index in [4.69, 9.17) is 5.73 Å². The van der Waals surface area contributed by atoms with E-state index in [1.165, 1.54) is 36.3 Å². The second-order valence-electron chi connectivity index (χ2n) is 3.79. The Morgan fingerprint density at radius 1 is 1.28 bits per heavy atom. The molecule has 0 saturated carbocycles. The number of aromatic nitrogens is 1. The lowest BCUT2D eigenvalue weighted by molar-refractivity contribution is 0.0988. The van der Waals surface area contributed by atoms with Gasteiger partial charge in [0.1, 0.15) is 11.6 Å². The third-order valence-corrected chi connectivity index (χ3v) is 2.52. The first-order valence-corrected chi connectivity index (χ1v) is 5.33. The van der Waals surface area contributed by atoms with Crippen molar-refractivity contribution < 1.29 is 9.18 Å². The Morgan fingerprint density at radius 3 is 2.61 bits per heavy atom. The Hall–Kier alpha value is -2.43. The summed E-state index contributed by atoms with van der Waals surface area (Å²) >= 11 is 0. The number of halogens is 1. The molecular weight excluding hydrogens is 233 g/mol. The molecule has 2 N–H and O–H groups in total. The first kappa shape index (κ1) is 12.0. The van der Waals surface area contributed by atoms with Crippen LogP contribution in [-0.2, 0) is 0 Å². The Morgan fingerprint density at radius 2 is 2.00 bits per heavy atom. The van der Waals surface area contributed by atoms with Crippen LogP contribution in [0, 0.1) is 5.82 Å². The summed E-state index contributed by atoms with van der Waals surface area (Å²) in [5, 5.41) is 0. The molecule has 0 aliphatic carbocycles. The molecule has 1 aromatic heterocycles. The van der Waals surface area contributed by atoms with Crippen molar-refractivity contribution in [2.45, 2.75) is 0 Å². The Labute approximate surface area is 104 Å². The predicted molar refractivity (Wildman–Crippen MR) is 67.8 cm³/mol. The van der Waals surface area contributed by atoms with E-state index in [2.05, 4.69) is 4.98 Å². The van der Waals surface area contributed by atoms with Gasteiger partial charge in [0.25, 0.3) is 5.91 Å². The monoisotopic (exact) mass is 245 g/mol. The fraction of sp³-hybridized carbons (Fsp3) is 0.0769. The van der Waals surface area contributed by atoms with E-state index >= 15 is 0 Å². The predicted octanol–water partition coefficient (Wildman–Crippen LogP) is 2.08. The molecule has 5 heteroatoms. The van der Waals surface area contributed by atoms with Gasteiger partial charge in [-0.05, 0) is 24.3 Å². The Kier molecular flexibility index (Phi) is 3.23. The summed E-state index contributed by atoms with van der Waals surface area (Å²) in [6.07, 6.45) is 1.44. The SMILES string of the molecule is CN(C(=O)c1ccccc1F)c1ccc(N)cn1. The van der Waals surface area contributed by atoms with E-state index in [1.807, 2.05) is 0 Å². The van der Waals surface area contributed by atoms with Crippen LogP contribution in [0.5, 0.6) is 0 Å². The van der Waals surface area contributed by atoms with Gasteiger partial charge in [-0.1, -0.05) is 12.1 Å². The highest BCUT2D eigenvalue weighted by molar-refractivity contribution is 6.05. The van der Waals surface area contributed by atoms with Crippen molar-refractivity contribution in [1.82, 2.24) is 4.98 Å². The van der Waals surface area contributed by atoms with Crippen molar-refractivity contribution in [1.29, 1.82) is 0 Å². The molecule has 0 fully saturated rings. The lowest BCUT2D eigenvalue weighted by Crippen LogP contribution is -2.27. The van der Waals surface area contributed by atoms with E-state index in [0.29, 0.717) is 11.5 Å². The summed E-state index contributed by atoms with van der Waals surface area (Å²) in [5.41, 5.74) is 6.03. The zero-order valence-electron chi connectivity index (χ0n) is 9.80. The number of anilines is 2. The zero-order chi connectivity index (χ0) is 13.1. The van der Waals surface area contributed by atoms with E-state index in [1.54, 1.807) is 18.2 Å². The fourth-order valence-electron chi connectivity index (χ4n) is 1.52. The fourth-order valence-corrected chi connectivity index (χ4v) is 1.52. The van der Waals surface area contributed by atoms with Gasteiger partial charge in [-0.3, -0.25) is 9.69 Å². The lowest BCUT2D eigenvalue weighted by atomic mass is 10.2. The van der Waals surface area contributed by atoms with Crippen LogP contribution in [0.3, 0.4) is 0 Å². The smallest absolute Gasteiger partial charge is 0.262 e. The van der Waals surface area contributed by atoms with Crippen LogP contribution in [0.25, 0.3) is 0 Å². The number of hydrogen-bond donors (Lipinski definition) is 1. The summed E-state index contributed by atoms with van der Waals surface area (Å²) in [7, 11) is 1.54. The maximum absolute atomic E-state index is 13.5. The summed E-state index contributed by atoms with van der Waals surface area (Å²) < 4.78 is 13.5. The topological polar surface area (TPSA) is 59.2 Å². The highest BCUT2D eigenvalue weighted by Gasteiger charge is 2.17. The van der Waals surface area contributed by atoms with Crippen molar-refractivity contribution in [2.75, 3.05) is 17.7 Å². The molecule has 2 aromatic rings. The van der Waals surface area contributed by atoms with Gasteiger partial charge >= 0.3 is 0 Å². The van der Waals surface area contributed by atoms with E-state index < -0.39 is 11.7 Å². The molecule has 1 aromatic carbocycles. The van der Waals surface area contributed by atoms with E-state index in [9.17, 15) is 9.18 Å². The minimum Gasteiger partial charge on any atom is -0.397 e. The van der Waals surface area contributed by atoms with Crippen molar-refractivity contribution >= 4 is 17.4 Å². The molecule has 0 aliphatic rings. The quantitative estimate of drug-likeness (QED) is 0.881. The highest BCUT2D eigenvalue weighted by atomic mass is 19.1. The maximum atomic E-state index is 13.5. The lowest BCUT2D eigenvalue weighted by Gasteiger charge is -2.16. The largest absolute Gasteiger partial charge is 0.397 e. The molecule has 92 valence electrons. The molecule has 18 heavy (non-hydrogen) atoms. The Bertz CT molecular complexity index is 569. The highest BCUT2D eigenvalue weighted by Crippen LogP contribution is 2.15. The molecular formula is C13H12FN3O. The van der Waals surface area contributed by atoms with Crippen molar-refractivity contribution in [3.63, 3.8) is 0 Å². The van der Waals surface area contributed by atoms with Gasteiger partial charge in [0.2, 0.25) is 0 Å². The number of carbonyl (C=O) groups excluding carboxylic acids is 1. The number of pyridine rings is 1. The maximum Gasteiger partial charge on any atom is 0.262 e. The number of rotatable bonds is 2. The zero-order valence-corrected chi connectivity index (χ0v) is 9.80. The van der Waals surface area contributed by atoms with E-state index in [-0.39, 0.29) is 5.56 Å². The molecule has 0 atom stereocenters. The number of benzene rings is 1. The molecule has 0 aliphatic heterocycles. The first-order valence-electron chi connectivity index (χ1n) is 5.33. The molecule has 0 saturated heterocycles. The summed E-state index contributed by atoms with van der Waals surface area (Å²) in [6.45, 7) is 0. The van der Waals surface area contributed by atoms with Crippen LogP contribution in [-0.4, -0.2) is 17.9 Å². The number of amides is 1. The number of carbonyl (C=O) groups is 1. The van der Waals surface area contributed by atoms with Gasteiger partial charge in [-0.25, -0.2) is 9.37 Å². The van der Waals surface area contributed by atoms with Gasteiger partial charge in [0.05, 0.1) is 17.4 Å². The van der Waals surface area contributed by atoms with Crippen LogP contribution < -0.4 is 10.6 Å². The third kappa shape index (κ3) is 2.29. The molecule has 4 nitrogen and oxygen atoms in total. The molecule has 0 bridgehead atoms. The van der Waals surface area contributed by atoms with Gasteiger partial charge in [0.15, 0.2) is 0 Å². The minimum absolute atomic E-state index is 0.0126.